The number of amides is 1. The molecule has 1 aliphatic heterocycles. The summed E-state index contributed by atoms with van der Waals surface area (Å²) >= 11 is 0. The number of hydrogen-bond acceptors (Lipinski definition) is 5. The first kappa shape index (κ1) is 18.1. The SMILES string of the molecule is Cc1cc(C(=O)N2CCC[C@@H](Cn3cc(C4CCCC4)nn3)C2)nc(C)n1. The Morgan fingerprint density at radius 1 is 1.15 bits per heavy atom. The number of carbonyl (C=O) groups is 1. The van der Waals surface area contributed by atoms with Gasteiger partial charge in [-0.2, -0.15) is 0 Å². The Morgan fingerprint density at radius 3 is 2.74 bits per heavy atom. The molecule has 0 aromatic carbocycles. The highest BCUT2D eigenvalue weighted by molar-refractivity contribution is 5.92. The van der Waals surface area contributed by atoms with Crippen LogP contribution in [0.4, 0.5) is 0 Å². The monoisotopic (exact) mass is 368 g/mol. The van der Waals surface area contributed by atoms with Crippen molar-refractivity contribution in [3.63, 3.8) is 0 Å². The van der Waals surface area contributed by atoms with Crippen LogP contribution in [0, 0.1) is 19.8 Å². The molecule has 2 fully saturated rings. The summed E-state index contributed by atoms with van der Waals surface area (Å²) in [7, 11) is 0. The lowest BCUT2D eigenvalue weighted by Crippen LogP contribution is -2.41. The largest absolute Gasteiger partial charge is 0.337 e. The fourth-order valence-corrected chi connectivity index (χ4v) is 4.46. The van der Waals surface area contributed by atoms with E-state index in [4.69, 9.17) is 0 Å². The molecule has 0 N–H and O–H groups in total. The molecule has 0 spiro atoms. The molecule has 7 heteroatoms. The van der Waals surface area contributed by atoms with Crippen LogP contribution in [0.5, 0.6) is 0 Å². The molecule has 0 unspecified atom stereocenters. The molecule has 1 saturated heterocycles. The molecular weight excluding hydrogens is 340 g/mol. The van der Waals surface area contributed by atoms with Crippen molar-refractivity contribution in [2.75, 3.05) is 13.1 Å². The van der Waals surface area contributed by atoms with Crippen LogP contribution >= 0.6 is 0 Å². The molecule has 0 bridgehead atoms. The van der Waals surface area contributed by atoms with Gasteiger partial charge in [0.25, 0.3) is 5.91 Å². The minimum atomic E-state index is 0.0125. The number of rotatable bonds is 4. The third-order valence-electron chi connectivity index (χ3n) is 5.77. The fourth-order valence-electron chi connectivity index (χ4n) is 4.46. The van der Waals surface area contributed by atoms with Crippen LogP contribution in [0.1, 0.15) is 72.1 Å². The summed E-state index contributed by atoms with van der Waals surface area (Å²) in [5.41, 5.74) is 2.48. The standard InChI is InChI=1S/C20H28N6O/c1-14-10-18(22-15(2)21-14)20(27)25-9-5-6-16(11-25)12-26-13-19(23-24-26)17-7-3-4-8-17/h10,13,16-17H,3-9,11-12H2,1-2H3/t16-/m1/s1. The van der Waals surface area contributed by atoms with Crippen molar-refractivity contribution in [2.45, 2.75) is 64.8 Å². The van der Waals surface area contributed by atoms with Gasteiger partial charge in [-0.1, -0.05) is 18.1 Å². The molecule has 1 saturated carbocycles. The average Bonchev–Trinajstić information content (AvgIpc) is 3.32. The van der Waals surface area contributed by atoms with Crippen molar-refractivity contribution in [1.29, 1.82) is 0 Å². The molecule has 1 amide bonds. The van der Waals surface area contributed by atoms with Gasteiger partial charge in [-0.25, -0.2) is 9.97 Å². The highest BCUT2D eigenvalue weighted by Crippen LogP contribution is 2.32. The first-order chi connectivity index (χ1) is 13.1. The van der Waals surface area contributed by atoms with E-state index in [0.717, 1.165) is 43.9 Å². The van der Waals surface area contributed by atoms with Crippen molar-refractivity contribution >= 4 is 5.91 Å². The summed E-state index contributed by atoms with van der Waals surface area (Å²) < 4.78 is 1.98. The van der Waals surface area contributed by atoms with Crippen LogP contribution in [0.3, 0.4) is 0 Å². The van der Waals surface area contributed by atoms with Crippen molar-refractivity contribution < 1.29 is 4.79 Å². The molecule has 27 heavy (non-hydrogen) atoms. The number of piperidine rings is 1. The van der Waals surface area contributed by atoms with Gasteiger partial charge >= 0.3 is 0 Å². The van der Waals surface area contributed by atoms with Gasteiger partial charge in [0.15, 0.2) is 0 Å². The second-order valence-corrected chi connectivity index (χ2v) is 8.05. The Morgan fingerprint density at radius 2 is 1.96 bits per heavy atom. The third-order valence-corrected chi connectivity index (χ3v) is 5.77. The zero-order valence-electron chi connectivity index (χ0n) is 16.3. The predicted octanol–water partition coefficient (Wildman–Crippen LogP) is 2.89. The van der Waals surface area contributed by atoms with E-state index in [1.165, 1.54) is 25.7 Å². The number of likely N-dealkylation sites (tertiary alicyclic amines) is 1. The summed E-state index contributed by atoms with van der Waals surface area (Å²) in [6.07, 6.45) is 9.34. The number of aryl methyl sites for hydroxylation is 2. The molecule has 3 heterocycles. The Labute approximate surface area is 160 Å². The highest BCUT2D eigenvalue weighted by atomic mass is 16.2. The molecule has 144 valence electrons. The first-order valence-electron chi connectivity index (χ1n) is 10.1. The quantitative estimate of drug-likeness (QED) is 0.829. The van der Waals surface area contributed by atoms with Gasteiger partial charge in [-0.05, 0) is 51.5 Å². The van der Waals surface area contributed by atoms with Gasteiger partial charge in [0.1, 0.15) is 11.5 Å². The molecule has 0 radical (unpaired) electrons. The summed E-state index contributed by atoms with van der Waals surface area (Å²) in [5, 5.41) is 8.75. The van der Waals surface area contributed by atoms with Gasteiger partial charge in [0.2, 0.25) is 0 Å². The maximum absolute atomic E-state index is 12.9. The van der Waals surface area contributed by atoms with E-state index >= 15 is 0 Å². The van der Waals surface area contributed by atoms with Crippen molar-refractivity contribution in [3.8, 4) is 0 Å². The molecule has 2 aliphatic rings. The number of carbonyl (C=O) groups excluding carboxylic acids is 1. The minimum Gasteiger partial charge on any atom is -0.337 e. The second-order valence-electron chi connectivity index (χ2n) is 8.05. The number of aromatic nitrogens is 5. The van der Waals surface area contributed by atoms with Crippen LogP contribution in [0.25, 0.3) is 0 Å². The molecule has 2 aromatic heterocycles. The van der Waals surface area contributed by atoms with E-state index in [2.05, 4.69) is 26.5 Å². The van der Waals surface area contributed by atoms with Crippen LogP contribution in [0.2, 0.25) is 0 Å². The lowest BCUT2D eigenvalue weighted by atomic mass is 9.97. The van der Waals surface area contributed by atoms with E-state index in [1.807, 2.05) is 23.4 Å². The van der Waals surface area contributed by atoms with Gasteiger partial charge in [-0.3, -0.25) is 9.48 Å². The third kappa shape index (κ3) is 4.17. The first-order valence-corrected chi connectivity index (χ1v) is 10.1. The van der Waals surface area contributed by atoms with E-state index in [0.29, 0.717) is 23.4 Å². The zero-order valence-corrected chi connectivity index (χ0v) is 16.3. The van der Waals surface area contributed by atoms with Gasteiger partial charge < -0.3 is 4.90 Å². The maximum atomic E-state index is 12.9. The average molecular weight is 368 g/mol. The Kier molecular flexibility index (Phi) is 5.18. The second kappa shape index (κ2) is 7.74. The van der Waals surface area contributed by atoms with E-state index in [1.54, 1.807) is 6.07 Å². The lowest BCUT2D eigenvalue weighted by molar-refractivity contribution is 0.0652. The Balaban J connectivity index is 1.40. The molecule has 4 rings (SSSR count). The van der Waals surface area contributed by atoms with E-state index in [9.17, 15) is 4.79 Å². The fraction of sp³-hybridized carbons (Fsp3) is 0.650. The Hall–Kier alpha value is -2.31. The summed E-state index contributed by atoms with van der Waals surface area (Å²) in [6.45, 7) is 6.10. The predicted molar refractivity (Wildman–Crippen MR) is 101 cm³/mol. The zero-order chi connectivity index (χ0) is 18.8. The Bertz CT molecular complexity index is 790. The van der Waals surface area contributed by atoms with Crippen LogP contribution < -0.4 is 0 Å². The number of hydrogen-bond donors (Lipinski definition) is 0. The molecule has 1 aliphatic carbocycles. The molecule has 1 atom stereocenters. The van der Waals surface area contributed by atoms with Crippen molar-refractivity contribution in [1.82, 2.24) is 29.9 Å². The summed E-state index contributed by atoms with van der Waals surface area (Å²) in [5.74, 6) is 1.66. The molecule has 2 aromatic rings. The van der Waals surface area contributed by atoms with Crippen LogP contribution in [-0.2, 0) is 6.54 Å². The lowest BCUT2D eigenvalue weighted by Gasteiger charge is -2.32. The van der Waals surface area contributed by atoms with Crippen molar-refractivity contribution in [3.05, 3.63) is 35.2 Å². The van der Waals surface area contributed by atoms with Crippen molar-refractivity contribution in [2.24, 2.45) is 5.92 Å². The normalized spacial score (nSPS) is 21.0. The molecular formula is C20H28N6O. The smallest absolute Gasteiger partial charge is 0.272 e. The van der Waals surface area contributed by atoms with Gasteiger partial charge in [-0.15, -0.1) is 5.10 Å². The van der Waals surface area contributed by atoms with Gasteiger partial charge in [0.05, 0.1) is 5.69 Å². The number of nitrogens with zero attached hydrogens (tertiary/aromatic N) is 6. The molecule has 7 nitrogen and oxygen atoms in total. The van der Waals surface area contributed by atoms with Gasteiger partial charge in [0, 0.05) is 37.4 Å². The minimum absolute atomic E-state index is 0.0125. The van der Waals surface area contributed by atoms with Crippen LogP contribution in [0.15, 0.2) is 12.3 Å². The summed E-state index contributed by atoms with van der Waals surface area (Å²) in [4.78, 5) is 23.4. The highest BCUT2D eigenvalue weighted by Gasteiger charge is 2.27. The van der Waals surface area contributed by atoms with Crippen LogP contribution in [-0.4, -0.2) is 48.9 Å². The van der Waals surface area contributed by atoms with E-state index in [-0.39, 0.29) is 5.91 Å². The topological polar surface area (TPSA) is 76.8 Å². The van der Waals surface area contributed by atoms with E-state index < -0.39 is 0 Å². The summed E-state index contributed by atoms with van der Waals surface area (Å²) in [6, 6.07) is 1.78. The maximum Gasteiger partial charge on any atom is 0.272 e.